The molecule has 0 aliphatic heterocycles. The van der Waals surface area contributed by atoms with Crippen LogP contribution in [0.15, 0.2) is 48.5 Å². The highest BCUT2D eigenvalue weighted by atomic mass is 16.5. The predicted molar refractivity (Wildman–Crippen MR) is 130 cm³/mol. The molecule has 2 aromatic carbocycles. The molecule has 1 atom stereocenters. The Morgan fingerprint density at radius 2 is 1.47 bits per heavy atom. The number of carboxylic acid groups (broad SMARTS) is 1. The van der Waals surface area contributed by atoms with Gasteiger partial charge in [-0.25, -0.2) is 9.59 Å². The van der Waals surface area contributed by atoms with Gasteiger partial charge in [0, 0.05) is 18.9 Å². The average Bonchev–Trinajstić information content (AvgIpc) is 3.07. The first-order valence-corrected chi connectivity index (χ1v) is 11.5. The maximum atomic E-state index is 12.5. The fourth-order valence-corrected chi connectivity index (χ4v) is 4.32. The number of fused-ring (bicyclic) bond motifs is 3. The van der Waals surface area contributed by atoms with Crippen LogP contribution in [-0.2, 0) is 14.3 Å². The van der Waals surface area contributed by atoms with Crippen molar-refractivity contribution in [1.29, 1.82) is 0 Å². The summed E-state index contributed by atoms with van der Waals surface area (Å²) in [5.74, 6) is -1.47. The number of carbonyl (C=O) groups excluding carboxylic acids is 2. The molecule has 0 radical (unpaired) electrons. The SMILES string of the molecule is CC(C)(CNC(=O)OCC1c2ccccc2-c2ccccc21)CC(=O)N[C@@H](C(=O)O)C(C)(C)C. The van der Waals surface area contributed by atoms with Gasteiger partial charge in [-0.05, 0) is 33.1 Å². The zero-order chi connectivity index (χ0) is 25.1. The number of benzene rings is 2. The van der Waals surface area contributed by atoms with Crippen LogP contribution in [0.25, 0.3) is 11.1 Å². The molecule has 182 valence electrons. The van der Waals surface area contributed by atoms with Crippen LogP contribution < -0.4 is 10.6 Å². The van der Waals surface area contributed by atoms with E-state index in [1.807, 2.05) is 38.1 Å². The Kier molecular flexibility index (Phi) is 7.34. The summed E-state index contributed by atoms with van der Waals surface area (Å²) in [6, 6.07) is 15.3. The van der Waals surface area contributed by atoms with E-state index < -0.39 is 28.9 Å². The molecule has 7 heteroatoms. The number of aliphatic carboxylic acids is 1. The van der Waals surface area contributed by atoms with Crippen molar-refractivity contribution in [2.45, 2.75) is 53.0 Å². The largest absolute Gasteiger partial charge is 0.480 e. The minimum atomic E-state index is -1.07. The van der Waals surface area contributed by atoms with Gasteiger partial charge in [-0.3, -0.25) is 4.79 Å². The van der Waals surface area contributed by atoms with E-state index in [1.165, 1.54) is 0 Å². The molecule has 0 unspecified atom stereocenters. The first kappa shape index (κ1) is 25.3. The molecule has 7 nitrogen and oxygen atoms in total. The molecule has 0 heterocycles. The van der Waals surface area contributed by atoms with Gasteiger partial charge in [-0.2, -0.15) is 0 Å². The van der Waals surface area contributed by atoms with E-state index in [9.17, 15) is 19.5 Å². The molecule has 1 aliphatic rings. The standard InChI is InChI=1S/C27H34N2O5/c1-26(2,3)23(24(31)32)29-22(30)14-27(4,5)16-28-25(33)34-15-21-19-12-8-6-10-17(19)18-11-7-9-13-20(18)21/h6-13,21,23H,14-16H2,1-5H3,(H,28,33)(H,29,30)(H,31,32)/t23-/m0/s1. The van der Waals surface area contributed by atoms with Gasteiger partial charge < -0.3 is 20.5 Å². The van der Waals surface area contributed by atoms with Crippen molar-refractivity contribution in [2.75, 3.05) is 13.2 Å². The summed E-state index contributed by atoms with van der Waals surface area (Å²) in [6.07, 6.45) is -0.482. The average molecular weight is 467 g/mol. The van der Waals surface area contributed by atoms with Crippen LogP contribution in [0.2, 0.25) is 0 Å². The van der Waals surface area contributed by atoms with Gasteiger partial charge in [0.2, 0.25) is 5.91 Å². The van der Waals surface area contributed by atoms with Gasteiger partial charge in [0.05, 0.1) is 0 Å². The van der Waals surface area contributed by atoms with E-state index in [2.05, 4.69) is 34.9 Å². The van der Waals surface area contributed by atoms with Crippen LogP contribution in [0.4, 0.5) is 4.79 Å². The number of hydrogen-bond donors (Lipinski definition) is 3. The summed E-state index contributed by atoms with van der Waals surface area (Å²) in [4.78, 5) is 36.4. The molecule has 3 N–H and O–H groups in total. The molecule has 0 bridgehead atoms. The van der Waals surface area contributed by atoms with Gasteiger partial charge >= 0.3 is 12.1 Å². The number of carboxylic acids is 1. The topological polar surface area (TPSA) is 105 Å². The summed E-state index contributed by atoms with van der Waals surface area (Å²) in [7, 11) is 0. The fraction of sp³-hybridized carbons (Fsp3) is 0.444. The van der Waals surface area contributed by atoms with Crippen molar-refractivity contribution >= 4 is 18.0 Å². The third-order valence-electron chi connectivity index (χ3n) is 6.11. The minimum absolute atomic E-state index is 0.0257. The summed E-state index contributed by atoms with van der Waals surface area (Å²) in [5.41, 5.74) is 3.39. The zero-order valence-electron chi connectivity index (χ0n) is 20.5. The van der Waals surface area contributed by atoms with Crippen LogP contribution in [0, 0.1) is 10.8 Å². The highest BCUT2D eigenvalue weighted by Gasteiger charge is 2.34. The maximum absolute atomic E-state index is 12.5. The van der Waals surface area contributed by atoms with Crippen LogP contribution in [0.1, 0.15) is 58.1 Å². The second-order valence-electron chi connectivity index (χ2n) is 10.7. The zero-order valence-corrected chi connectivity index (χ0v) is 20.5. The summed E-state index contributed by atoms with van der Waals surface area (Å²) >= 11 is 0. The lowest BCUT2D eigenvalue weighted by molar-refractivity contribution is -0.145. The Morgan fingerprint density at radius 1 is 0.941 bits per heavy atom. The Balaban J connectivity index is 1.53. The third kappa shape index (κ3) is 5.95. The monoisotopic (exact) mass is 466 g/mol. The summed E-state index contributed by atoms with van der Waals surface area (Å²) in [5, 5.41) is 14.8. The molecular weight excluding hydrogens is 432 g/mol. The Labute approximate surface area is 200 Å². The molecule has 0 spiro atoms. The third-order valence-corrected chi connectivity index (χ3v) is 6.11. The Bertz CT molecular complexity index is 1030. The lowest BCUT2D eigenvalue weighted by atomic mass is 9.85. The lowest BCUT2D eigenvalue weighted by Crippen LogP contribution is -2.50. The van der Waals surface area contributed by atoms with Crippen LogP contribution in [0.5, 0.6) is 0 Å². The predicted octanol–water partition coefficient (Wildman–Crippen LogP) is 4.56. The number of amides is 2. The molecular formula is C27H34N2O5. The first-order chi connectivity index (χ1) is 15.9. The van der Waals surface area contributed by atoms with Crippen molar-refractivity contribution in [1.82, 2.24) is 10.6 Å². The van der Waals surface area contributed by atoms with E-state index >= 15 is 0 Å². The van der Waals surface area contributed by atoms with Crippen molar-refractivity contribution in [3.8, 4) is 11.1 Å². The Morgan fingerprint density at radius 3 is 1.97 bits per heavy atom. The molecule has 1 aliphatic carbocycles. The number of nitrogens with one attached hydrogen (secondary N) is 2. The van der Waals surface area contributed by atoms with Crippen molar-refractivity contribution in [3.05, 3.63) is 59.7 Å². The number of alkyl carbamates (subject to hydrolysis) is 1. The van der Waals surface area contributed by atoms with E-state index in [0.29, 0.717) is 0 Å². The molecule has 0 saturated heterocycles. The number of ether oxygens (including phenoxy) is 1. The lowest BCUT2D eigenvalue weighted by Gasteiger charge is -2.30. The Hall–Kier alpha value is -3.35. The molecule has 0 aromatic heterocycles. The normalized spacial score (nSPS) is 14.0. The van der Waals surface area contributed by atoms with Gasteiger partial charge in [0.15, 0.2) is 0 Å². The number of rotatable bonds is 8. The maximum Gasteiger partial charge on any atom is 0.407 e. The number of hydrogen-bond acceptors (Lipinski definition) is 4. The second-order valence-corrected chi connectivity index (χ2v) is 10.7. The van der Waals surface area contributed by atoms with E-state index in [-0.39, 0.29) is 31.4 Å². The van der Waals surface area contributed by atoms with Crippen LogP contribution in [-0.4, -0.2) is 42.3 Å². The highest BCUT2D eigenvalue weighted by Crippen LogP contribution is 2.44. The van der Waals surface area contributed by atoms with Gasteiger partial charge in [-0.15, -0.1) is 0 Å². The molecule has 3 rings (SSSR count). The van der Waals surface area contributed by atoms with E-state index in [4.69, 9.17) is 4.74 Å². The van der Waals surface area contributed by atoms with Crippen LogP contribution in [0.3, 0.4) is 0 Å². The highest BCUT2D eigenvalue weighted by molar-refractivity contribution is 5.84. The van der Waals surface area contributed by atoms with Crippen molar-refractivity contribution in [3.63, 3.8) is 0 Å². The van der Waals surface area contributed by atoms with E-state index in [0.717, 1.165) is 22.3 Å². The quantitative estimate of drug-likeness (QED) is 0.529. The summed E-state index contributed by atoms with van der Waals surface area (Å²) < 4.78 is 5.55. The molecule has 0 fully saturated rings. The first-order valence-electron chi connectivity index (χ1n) is 11.5. The molecule has 2 aromatic rings. The fourth-order valence-electron chi connectivity index (χ4n) is 4.32. The van der Waals surface area contributed by atoms with E-state index in [1.54, 1.807) is 20.8 Å². The van der Waals surface area contributed by atoms with Crippen LogP contribution >= 0.6 is 0 Å². The van der Waals surface area contributed by atoms with Gasteiger partial charge in [0.25, 0.3) is 0 Å². The van der Waals surface area contributed by atoms with Crippen molar-refractivity contribution < 1.29 is 24.2 Å². The minimum Gasteiger partial charge on any atom is -0.480 e. The smallest absolute Gasteiger partial charge is 0.407 e. The number of carbonyl (C=O) groups is 3. The van der Waals surface area contributed by atoms with Gasteiger partial charge in [0.1, 0.15) is 12.6 Å². The summed E-state index contributed by atoms with van der Waals surface area (Å²) in [6.45, 7) is 9.38. The van der Waals surface area contributed by atoms with Gasteiger partial charge in [-0.1, -0.05) is 83.1 Å². The molecule has 2 amide bonds. The molecule has 34 heavy (non-hydrogen) atoms. The molecule has 0 saturated carbocycles. The second kappa shape index (κ2) is 9.87. The van der Waals surface area contributed by atoms with Crippen molar-refractivity contribution in [2.24, 2.45) is 10.8 Å².